The highest BCUT2D eigenvalue weighted by atomic mass is 32.2. The molecule has 168 valence electrons. The third-order valence-corrected chi connectivity index (χ3v) is 6.66. The molecule has 10 heteroatoms. The number of benzene rings is 2. The quantitative estimate of drug-likeness (QED) is 0.610. The van der Waals surface area contributed by atoms with Gasteiger partial charge in [-0.1, -0.05) is 6.07 Å². The molecule has 1 fully saturated rings. The Morgan fingerprint density at radius 3 is 2.45 bits per heavy atom. The van der Waals surface area contributed by atoms with Crippen molar-refractivity contribution in [1.82, 2.24) is 4.90 Å². The maximum absolute atomic E-state index is 12.8. The van der Waals surface area contributed by atoms with Gasteiger partial charge >= 0.3 is 6.61 Å². The van der Waals surface area contributed by atoms with Gasteiger partial charge in [0.05, 0.1) is 18.0 Å². The second-order valence-corrected chi connectivity index (χ2v) is 9.06. The third kappa shape index (κ3) is 5.43. The monoisotopic (exact) mass is 454 g/mol. The number of rotatable bonds is 8. The van der Waals surface area contributed by atoms with Crippen LogP contribution in [0.5, 0.6) is 11.5 Å². The van der Waals surface area contributed by atoms with E-state index in [4.69, 9.17) is 4.74 Å². The van der Waals surface area contributed by atoms with Crippen molar-refractivity contribution in [2.24, 2.45) is 0 Å². The number of amides is 1. The van der Waals surface area contributed by atoms with Crippen LogP contribution >= 0.6 is 0 Å². The fourth-order valence-electron chi connectivity index (χ4n) is 3.38. The van der Waals surface area contributed by atoms with E-state index >= 15 is 0 Å². The van der Waals surface area contributed by atoms with Gasteiger partial charge in [-0.05, 0) is 55.3 Å². The number of ether oxygens (including phenoxy) is 2. The lowest BCUT2D eigenvalue weighted by atomic mass is 10.1. The van der Waals surface area contributed by atoms with Crippen molar-refractivity contribution in [3.05, 3.63) is 53.6 Å². The Labute approximate surface area is 180 Å². The minimum absolute atomic E-state index is 0.0676. The molecule has 0 aliphatic carbocycles. The molecule has 31 heavy (non-hydrogen) atoms. The molecule has 7 nitrogen and oxygen atoms in total. The molecule has 2 aromatic rings. The van der Waals surface area contributed by atoms with Crippen molar-refractivity contribution >= 4 is 21.6 Å². The zero-order valence-corrected chi connectivity index (χ0v) is 18.1. The van der Waals surface area contributed by atoms with Crippen LogP contribution in [0.15, 0.2) is 42.5 Å². The first-order valence-electron chi connectivity index (χ1n) is 9.77. The fraction of sp³-hybridized carbons (Fsp3) is 0.381. The Morgan fingerprint density at radius 1 is 1.16 bits per heavy atom. The van der Waals surface area contributed by atoms with Crippen LogP contribution in [0.25, 0.3) is 0 Å². The van der Waals surface area contributed by atoms with Crippen molar-refractivity contribution in [3.63, 3.8) is 0 Å². The molecule has 0 bridgehead atoms. The zero-order chi connectivity index (χ0) is 22.6. The van der Waals surface area contributed by atoms with Crippen molar-refractivity contribution in [2.75, 3.05) is 30.3 Å². The lowest BCUT2D eigenvalue weighted by molar-refractivity contribution is -0.0514. The van der Waals surface area contributed by atoms with E-state index in [0.29, 0.717) is 29.8 Å². The van der Waals surface area contributed by atoms with Crippen LogP contribution in [0, 0.1) is 0 Å². The predicted molar refractivity (Wildman–Crippen MR) is 112 cm³/mol. The summed E-state index contributed by atoms with van der Waals surface area (Å²) in [7, 11) is -1.67. The van der Waals surface area contributed by atoms with Gasteiger partial charge in [-0.2, -0.15) is 8.78 Å². The van der Waals surface area contributed by atoms with Gasteiger partial charge in [0.15, 0.2) is 11.5 Å². The van der Waals surface area contributed by atoms with Gasteiger partial charge in [-0.25, -0.2) is 8.42 Å². The summed E-state index contributed by atoms with van der Waals surface area (Å²) in [6.07, 6.45) is 0.580. The number of carbonyl (C=O) groups excluding carboxylic acids is 1. The maximum atomic E-state index is 12.8. The van der Waals surface area contributed by atoms with Crippen molar-refractivity contribution in [1.29, 1.82) is 0 Å². The molecule has 0 spiro atoms. The molecule has 0 aromatic heterocycles. The molecule has 1 saturated heterocycles. The summed E-state index contributed by atoms with van der Waals surface area (Å²) in [4.78, 5) is 14.2. The first kappa shape index (κ1) is 22.8. The maximum Gasteiger partial charge on any atom is 0.387 e. The van der Waals surface area contributed by atoms with E-state index in [1.165, 1.54) is 15.3 Å². The third-order valence-electron chi connectivity index (χ3n) is 4.79. The molecule has 1 amide bonds. The molecule has 0 unspecified atom stereocenters. The number of hydrogen-bond donors (Lipinski definition) is 0. The van der Waals surface area contributed by atoms with E-state index in [1.807, 2.05) is 0 Å². The summed E-state index contributed by atoms with van der Waals surface area (Å²) in [6.45, 7) is -0.311. The first-order valence-corrected chi connectivity index (χ1v) is 11.4. The van der Waals surface area contributed by atoms with Gasteiger partial charge < -0.3 is 14.4 Å². The molecule has 0 atom stereocenters. The molecular formula is C21H24F2N2O5S. The topological polar surface area (TPSA) is 76.2 Å². The number of nitrogens with zero attached hydrogens (tertiary/aromatic N) is 2. The number of halogens is 2. The van der Waals surface area contributed by atoms with Crippen LogP contribution < -0.4 is 13.8 Å². The van der Waals surface area contributed by atoms with Crippen LogP contribution in [0.1, 0.15) is 29.3 Å². The number of hydrogen-bond acceptors (Lipinski definition) is 5. The van der Waals surface area contributed by atoms with Crippen molar-refractivity contribution < 1.29 is 31.5 Å². The lowest BCUT2D eigenvalue weighted by Crippen LogP contribution is -2.27. The highest BCUT2D eigenvalue weighted by Gasteiger charge is 2.28. The molecule has 0 radical (unpaired) electrons. The normalized spacial score (nSPS) is 15.2. The summed E-state index contributed by atoms with van der Waals surface area (Å²) in [5.74, 6) is -0.0255. The number of carbonyl (C=O) groups is 1. The smallest absolute Gasteiger partial charge is 0.387 e. The summed E-state index contributed by atoms with van der Waals surface area (Å²) in [5.41, 5.74) is 1.62. The number of anilines is 1. The number of alkyl halides is 2. The van der Waals surface area contributed by atoms with Crippen LogP contribution in [0.2, 0.25) is 0 Å². The molecular weight excluding hydrogens is 430 g/mol. The first-order chi connectivity index (χ1) is 14.7. The SMILES string of the molecule is CCOc1cc(CN(C)C(=O)c2ccc(N3CCCS3(=O)=O)cc2)ccc1OC(F)F. The Morgan fingerprint density at radius 2 is 1.87 bits per heavy atom. The van der Waals surface area contributed by atoms with Gasteiger partial charge in [0.25, 0.3) is 5.91 Å². The second kappa shape index (κ2) is 9.51. The summed E-state index contributed by atoms with van der Waals surface area (Å²) >= 11 is 0. The molecule has 1 aliphatic rings. The minimum atomic E-state index is -3.28. The largest absolute Gasteiger partial charge is 0.490 e. The van der Waals surface area contributed by atoms with Crippen LogP contribution in [0.4, 0.5) is 14.5 Å². The van der Waals surface area contributed by atoms with E-state index in [2.05, 4.69) is 4.74 Å². The molecule has 1 heterocycles. The average Bonchev–Trinajstić information content (AvgIpc) is 3.08. The Bertz CT molecular complexity index is 1030. The van der Waals surface area contributed by atoms with Gasteiger partial charge in [0, 0.05) is 25.7 Å². The van der Waals surface area contributed by atoms with E-state index in [-0.39, 0.29) is 36.3 Å². The Kier molecular flexibility index (Phi) is 6.99. The summed E-state index contributed by atoms with van der Waals surface area (Å²) in [5, 5.41) is 0. The number of sulfonamides is 1. The van der Waals surface area contributed by atoms with E-state index in [1.54, 1.807) is 50.4 Å². The Hall–Kier alpha value is -2.88. The summed E-state index contributed by atoms with van der Waals surface area (Å²) < 4.78 is 60.4. The van der Waals surface area contributed by atoms with E-state index in [0.717, 1.165) is 0 Å². The van der Waals surface area contributed by atoms with Crippen molar-refractivity contribution in [3.8, 4) is 11.5 Å². The van der Waals surface area contributed by atoms with E-state index in [9.17, 15) is 22.0 Å². The second-order valence-electron chi connectivity index (χ2n) is 7.04. The van der Waals surface area contributed by atoms with Gasteiger partial charge in [0.1, 0.15) is 0 Å². The Balaban J connectivity index is 1.71. The standard InChI is InChI=1S/C21H24F2N2O5S/c1-3-29-19-13-15(5-10-18(19)30-21(22)23)14-24(2)20(26)16-6-8-17(9-7-16)25-11-4-12-31(25,27)28/h5-10,13,21H,3-4,11-12,14H2,1-2H3. The van der Waals surface area contributed by atoms with Gasteiger partial charge in [-0.15, -0.1) is 0 Å². The van der Waals surface area contributed by atoms with E-state index < -0.39 is 16.6 Å². The zero-order valence-electron chi connectivity index (χ0n) is 17.3. The molecule has 0 saturated carbocycles. The van der Waals surface area contributed by atoms with Gasteiger partial charge in [0.2, 0.25) is 10.0 Å². The lowest BCUT2D eigenvalue weighted by Gasteiger charge is -2.20. The molecule has 0 N–H and O–H groups in total. The molecule has 3 rings (SSSR count). The van der Waals surface area contributed by atoms with Gasteiger partial charge in [-0.3, -0.25) is 9.10 Å². The molecule has 2 aromatic carbocycles. The van der Waals surface area contributed by atoms with Crippen LogP contribution in [-0.4, -0.2) is 51.8 Å². The predicted octanol–water partition coefficient (Wildman–Crippen LogP) is 3.50. The molecule has 1 aliphatic heterocycles. The van der Waals surface area contributed by atoms with Crippen molar-refractivity contribution in [2.45, 2.75) is 26.5 Å². The average molecular weight is 454 g/mol. The fourth-order valence-corrected chi connectivity index (χ4v) is 4.94. The highest BCUT2D eigenvalue weighted by Crippen LogP contribution is 2.30. The summed E-state index contributed by atoms with van der Waals surface area (Å²) in [6, 6.07) is 11.0. The van der Waals surface area contributed by atoms with Crippen LogP contribution in [-0.2, 0) is 16.6 Å². The highest BCUT2D eigenvalue weighted by molar-refractivity contribution is 7.93. The van der Waals surface area contributed by atoms with Crippen LogP contribution in [0.3, 0.4) is 0 Å². The minimum Gasteiger partial charge on any atom is -0.490 e.